The average molecular weight is 570 g/mol. The van der Waals surface area contributed by atoms with E-state index in [9.17, 15) is 27.2 Å². The van der Waals surface area contributed by atoms with Crippen LogP contribution in [0.1, 0.15) is 25.8 Å². The molecule has 7 nitrogen and oxygen atoms in total. The monoisotopic (exact) mass is 569 g/mol. The van der Waals surface area contributed by atoms with Gasteiger partial charge in [0.1, 0.15) is 11.5 Å². The van der Waals surface area contributed by atoms with Gasteiger partial charge in [0.15, 0.2) is 0 Å². The van der Waals surface area contributed by atoms with Gasteiger partial charge in [0.25, 0.3) is 5.91 Å². The average Bonchev–Trinajstić information content (AvgIpc) is 3.40. The Bertz CT molecular complexity index is 1230. The lowest BCUT2D eigenvalue weighted by molar-refractivity contribution is -0.150. The number of hydrogen-bond donors (Lipinski definition) is 1. The molecule has 1 amide bonds. The number of aliphatic imine (C=N–C) groups is 2. The maximum Gasteiger partial charge on any atom is 0.431 e. The van der Waals surface area contributed by atoms with Gasteiger partial charge >= 0.3 is 12.1 Å². The van der Waals surface area contributed by atoms with Crippen LogP contribution < -0.4 is 5.32 Å². The van der Waals surface area contributed by atoms with Crippen LogP contribution in [-0.4, -0.2) is 62.0 Å². The highest BCUT2D eigenvalue weighted by Crippen LogP contribution is 2.27. The molecule has 0 aromatic heterocycles. The van der Waals surface area contributed by atoms with Gasteiger partial charge in [-0.2, -0.15) is 13.2 Å². The first-order valence-electron chi connectivity index (χ1n) is 12.3. The van der Waals surface area contributed by atoms with Crippen LogP contribution in [0.3, 0.4) is 0 Å². The van der Waals surface area contributed by atoms with Crippen molar-refractivity contribution in [3.63, 3.8) is 0 Å². The van der Waals surface area contributed by atoms with E-state index in [4.69, 9.17) is 21.1 Å². The Labute approximate surface area is 228 Å². The molecule has 1 heterocycles. The Kier molecular flexibility index (Phi) is 10.6. The number of amides is 1. The maximum absolute atomic E-state index is 14.3. The highest BCUT2D eigenvalue weighted by molar-refractivity contribution is 6.41. The zero-order valence-electron chi connectivity index (χ0n) is 21.4. The SMILES string of the molecule is CCOC[C@H](C[C@@H](Cc1ccc(-c2cc(Cl)ccc2F)cc1)NC(=O)C1=NCC(C(F)(F)F)=N1)C(=O)OCC. The van der Waals surface area contributed by atoms with Crippen molar-refractivity contribution in [1.82, 2.24) is 5.32 Å². The number of ether oxygens (including phenoxy) is 2. The number of alkyl halides is 3. The number of carbonyl (C=O) groups excluding carboxylic acids is 2. The van der Waals surface area contributed by atoms with Crippen molar-refractivity contribution < 1.29 is 36.6 Å². The van der Waals surface area contributed by atoms with E-state index in [1.807, 2.05) is 0 Å². The van der Waals surface area contributed by atoms with Crippen LogP contribution in [0.4, 0.5) is 17.6 Å². The van der Waals surface area contributed by atoms with Gasteiger partial charge in [-0.3, -0.25) is 14.6 Å². The number of benzene rings is 2. The number of nitrogens with one attached hydrogen (secondary N) is 1. The van der Waals surface area contributed by atoms with Gasteiger partial charge in [0.05, 0.1) is 25.7 Å². The first-order chi connectivity index (χ1) is 18.5. The fourth-order valence-corrected chi connectivity index (χ4v) is 4.16. The summed E-state index contributed by atoms with van der Waals surface area (Å²) in [6, 6.07) is 10.3. The molecule has 0 radical (unpaired) electrons. The van der Waals surface area contributed by atoms with Crippen LogP contribution in [0.25, 0.3) is 11.1 Å². The summed E-state index contributed by atoms with van der Waals surface area (Å²) in [5.74, 6) is -3.18. The number of hydrogen-bond acceptors (Lipinski definition) is 6. The third-order valence-electron chi connectivity index (χ3n) is 5.87. The third-order valence-corrected chi connectivity index (χ3v) is 6.11. The normalized spacial score (nSPS) is 14.8. The second-order valence-electron chi connectivity index (χ2n) is 8.74. The van der Waals surface area contributed by atoms with Crippen molar-refractivity contribution in [2.24, 2.45) is 15.9 Å². The molecule has 0 bridgehead atoms. The third kappa shape index (κ3) is 8.59. The van der Waals surface area contributed by atoms with Crippen LogP contribution in [0.2, 0.25) is 5.02 Å². The molecule has 1 aliphatic heterocycles. The van der Waals surface area contributed by atoms with E-state index in [0.29, 0.717) is 22.8 Å². The smallest absolute Gasteiger partial charge is 0.431 e. The molecule has 0 saturated carbocycles. The highest BCUT2D eigenvalue weighted by Gasteiger charge is 2.39. The fraction of sp³-hybridized carbons (Fsp3) is 0.407. The second kappa shape index (κ2) is 13.7. The van der Waals surface area contributed by atoms with Crippen LogP contribution in [0.15, 0.2) is 52.4 Å². The summed E-state index contributed by atoms with van der Waals surface area (Å²) in [5, 5.41) is 3.04. The molecule has 0 unspecified atom stereocenters. The van der Waals surface area contributed by atoms with Gasteiger partial charge in [0.2, 0.25) is 5.84 Å². The molecular formula is C27H28ClF4N3O4. The zero-order valence-corrected chi connectivity index (χ0v) is 22.1. The largest absolute Gasteiger partial charge is 0.466 e. The summed E-state index contributed by atoms with van der Waals surface area (Å²) in [6.45, 7) is 3.21. The molecule has 39 heavy (non-hydrogen) atoms. The molecular weight excluding hydrogens is 542 g/mol. The van der Waals surface area contributed by atoms with E-state index in [1.54, 1.807) is 38.1 Å². The van der Waals surface area contributed by atoms with Gasteiger partial charge in [-0.15, -0.1) is 0 Å². The summed E-state index contributed by atoms with van der Waals surface area (Å²) >= 11 is 6.00. The summed E-state index contributed by atoms with van der Waals surface area (Å²) in [6.07, 6.45) is -4.41. The van der Waals surface area contributed by atoms with Gasteiger partial charge < -0.3 is 14.8 Å². The number of halogens is 5. The Balaban J connectivity index is 1.83. The zero-order chi connectivity index (χ0) is 28.6. The predicted octanol–water partition coefficient (Wildman–Crippen LogP) is 5.19. The Morgan fingerprint density at radius 3 is 2.44 bits per heavy atom. The first kappa shape index (κ1) is 30.2. The molecule has 2 atom stereocenters. The Morgan fingerprint density at radius 2 is 1.82 bits per heavy atom. The van der Waals surface area contributed by atoms with Crippen molar-refractivity contribution in [2.45, 2.75) is 38.9 Å². The minimum atomic E-state index is -4.69. The van der Waals surface area contributed by atoms with Crippen LogP contribution in [-0.2, 0) is 25.5 Å². The van der Waals surface area contributed by atoms with Crippen molar-refractivity contribution >= 4 is 35.0 Å². The van der Waals surface area contributed by atoms with Gasteiger partial charge in [-0.05, 0) is 56.0 Å². The van der Waals surface area contributed by atoms with E-state index < -0.39 is 53.9 Å². The maximum atomic E-state index is 14.3. The lowest BCUT2D eigenvalue weighted by Gasteiger charge is -2.23. The molecule has 210 valence electrons. The van der Waals surface area contributed by atoms with Gasteiger partial charge in [-0.25, -0.2) is 9.38 Å². The molecule has 2 aromatic carbocycles. The standard InChI is InChI=1S/C27H28ClF4N3O4/c1-3-38-15-18(26(37)39-4-2)12-20(34-25(36)24-33-14-23(35-24)27(30,31)32)11-16-5-7-17(8-6-16)21-13-19(28)9-10-22(21)29/h5-10,13,18,20H,3-4,11-12,14-15H2,1-2H3,(H,34,36)/t18-,20+/m0/s1. The molecule has 0 spiro atoms. The van der Waals surface area contributed by atoms with Crippen LogP contribution in [0.5, 0.6) is 0 Å². The van der Waals surface area contributed by atoms with Crippen LogP contribution in [0, 0.1) is 11.7 Å². The van der Waals surface area contributed by atoms with Gasteiger partial charge in [-0.1, -0.05) is 35.9 Å². The lowest BCUT2D eigenvalue weighted by Crippen LogP contribution is -2.42. The summed E-state index contributed by atoms with van der Waals surface area (Å²) in [4.78, 5) is 32.3. The molecule has 0 fully saturated rings. The number of esters is 1. The molecule has 0 saturated heterocycles. The molecule has 12 heteroatoms. The summed E-state index contributed by atoms with van der Waals surface area (Å²) < 4.78 is 63.8. The topological polar surface area (TPSA) is 89.4 Å². The minimum absolute atomic E-state index is 0.0337. The van der Waals surface area contributed by atoms with Crippen LogP contribution >= 0.6 is 11.6 Å². The second-order valence-corrected chi connectivity index (χ2v) is 9.17. The molecule has 2 aromatic rings. The molecule has 3 rings (SSSR count). The fourth-order valence-electron chi connectivity index (χ4n) is 3.99. The van der Waals surface area contributed by atoms with E-state index in [-0.39, 0.29) is 26.1 Å². The van der Waals surface area contributed by atoms with Crippen molar-refractivity contribution in [3.05, 3.63) is 58.9 Å². The lowest BCUT2D eigenvalue weighted by atomic mass is 9.94. The molecule has 0 aliphatic carbocycles. The molecule has 1 aliphatic rings. The predicted molar refractivity (Wildman–Crippen MR) is 140 cm³/mol. The van der Waals surface area contributed by atoms with E-state index in [1.165, 1.54) is 18.2 Å². The van der Waals surface area contributed by atoms with Crippen molar-refractivity contribution in [2.75, 3.05) is 26.4 Å². The van der Waals surface area contributed by atoms with E-state index in [0.717, 1.165) is 5.56 Å². The van der Waals surface area contributed by atoms with Crippen molar-refractivity contribution in [3.8, 4) is 11.1 Å². The Hall–Kier alpha value is -3.31. The quantitative estimate of drug-likeness (QED) is 0.281. The van der Waals surface area contributed by atoms with Gasteiger partial charge in [0, 0.05) is 23.2 Å². The number of carbonyl (C=O) groups is 2. The van der Waals surface area contributed by atoms with E-state index >= 15 is 0 Å². The van der Waals surface area contributed by atoms with Crippen molar-refractivity contribution in [1.29, 1.82) is 0 Å². The Morgan fingerprint density at radius 1 is 1.10 bits per heavy atom. The summed E-state index contributed by atoms with van der Waals surface area (Å²) in [7, 11) is 0. The number of rotatable bonds is 12. The number of amidine groups is 1. The molecule has 1 N–H and O–H groups in total. The number of nitrogens with zero attached hydrogens (tertiary/aromatic N) is 2. The highest BCUT2D eigenvalue weighted by atomic mass is 35.5. The first-order valence-corrected chi connectivity index (χ1v) is 12.7. The minimum Gasteiger partial charge on any atom is -0.466 e. The summed E-state index contributed by atoms with van der Waals surface area (Å²) in [5.41, 5.74) is 0.456. The van der Waals surface area contributed by atoms with E-state index in [2.05, 4.69) is 15.3 Å².